The van der Waals surface area contributed by atoms with Crippen molar-refractivity contribution in [1.29, 1.82) is 0 Å². The van der Waals surface area contributed by atoms with Gasteiger partial charge in [0.2, 0.25) is 6.17 Å². The van der Waals surface area contributed by atoms with Crippen LogP contribution < -0.4 is 0 Å². The fourth-order valence-electron chi connectivity index (χ4n) is 1.15. The molecule has 0 fully saturated rings. The monoisotopic (exact) mass is 314 g/mol. The van der Waals surface area contributed by atoms with Gasteiger partial charge >= 0.3 is 5.97 Å². The lowest BCUT2D eigenvalue weighted by atomic mass is 10.1. The summed E-state index contributed by atoms with van der Waals surface area (Å²) < 4.78 is 56.4. The number of alkyl halides is 1. The number of halogens is 5. The van der Waals surface area contributed by atoms with Crippen molar-refractivity contribution in [1.82, 2.24) is 0 Å². The third-order valence-electron chi connectivity index (χ3n) is 1.90. The summed E-state index contributed by atoms with van der Waals surface area (Å²) in [7, 11) is 0. The summed E-state index contributed by atoms with van der Waals surface area (Å²) in [6.45, 7) is 1.32. The Hall–Kier alpha value is -1.11. The molecule has 1 aromatic rings. The van der Waals surface area contributed by atoms with E-state index in [-0.39, 0.29) is 11.1 Å². The molecule has 0 aliphatic carbocycles. The van der Waals surface area contributed by atoms with E-state index >= 15 is 0 Å². The van der Waals surface area contributed by atoms with Gasteiger partial charge in [0.1, 0.15) is 0 Å². The van der Waals surface area contributed by atoms with Crippen molar-refractivity contribution in [2.45, 2.75) is 13.1 Å². The zero-order chi connectivity index (χ0) is 13.2. The van der Waals surface area contributed by atoms with E-state index in [1.165, 1.54) is 6.92 Å². The zero-order valence-corrected chi connectivity index (χ0v) is 10.2. The maximum atomic E-state index is 13.5. The molecule has 17 heavy (non-hydrogen) atoms. The Morgan fingerprint density at radius 3 is 2.53 bits per heavy atom. The van der Waals surface area contributed by atoms with E-state index in [1.54, 1.807) is 0 Å². The smallest absolute Gasteiger partial charge is 0.345 e. The molecule has 0 bridgehead atoms. The number of benzene rings is 1. The second-order valence-electron chi connectivity index (χ2n) is 3.00. The molecule has 0 saturated heterocycles. The van der Waals surface area contributed by atoms with E-state index in [4.69, 9.17) is 0 Å². The SMILES string of the molecule is CCOC(=O)C(F)c1c(Br)cc(F)c(F)c1F. The molecule has 1 aromatic carbocycles. The summed E-state index contributed by atoms with van der Waals surface area (Å²) in [4.78, 5) is 11.0. The number of esters is 1. The van der Waals surface area contributed by atoms with E-state index < -0.39 is 35.2 Å². The van der Waals surface area contributed by atoms with Gasteiger partial charge in [-0.05, 0) is 13.0 Å². The first-order valence-electron chi connectivity index (χ1n) is 4.53. The third-order valence-corrected chi connectivity index (χ3v) is 2.55. The van der Waals surface area contributed by atoms with E-state index in [0.717, 1.165) is 0 Å². The fourth-order valence-corrected chi connectivity index (χ4v) is 1.72. The maximum absolute atomic E-state index is 13.5. The second kappa shape index (κ2) is 5.48. The van der Waals surface area contributed by atoms with Crippen LogP contribution >= 0.6 is 15.9 Å². The zero-order valence-electron chi connectivity index (χ0n) is 8.57. The third kappa shape index (κ3) is 2.77. The minimum atomic E-state index is -2.51. The fraction of sp³-hybridized carbons (Fsp3) is 0.300. The van der Waals surface area contributed by atoms with Crippen molar-refractivity contribution < 1.29 is 27.1 Å². The molecule has 0 aliphatic rings. The molecule has 0 amide bonds. The summed E-state index contributed by atoms with van der Waals surface area (Å²) in [6, 6.07) is 0.541. The average molecular weight is 315 g/mol. The Balaban J connectivity index is 3.22. The van der Waals surface area contributed by atoms with E-state index in [0.29, 0.717) is 6.07 Å². The number of hydrogen-bond donors (Lipinski definition) is 0. The Labute approximate surface area is 103 Å². The van der Waals surface area contributed by atoms with E-state index in [1.807, 2.05) is 0 Å². The average Bonchev–Trinajstić information content (AvgIpc) is 2.26. The van der Waals surface area contributed by atoms with Crippen LogP contribution in [0, 0.1) is 17.5 Å². The number of rotatable bonds is 3. The molecule has 1 atom stereocenters. The van der Waals surface area contributed by atoms with Crippen molar-refractivity contribution in [2.24, 2.45) is 0 Å². The predicted octanol–water partition coefficient (Wildman–Crippen LogP) is 3.44. The molecular weight excluding hydrogens is 308 g/mol. The van der Waals surface area contributed by atoms with Gasteiger partial charge in [-0.2, -0.15) is 0 Å². The van der Waals surface area contributed by atoms with Gasteiger partial charge in [-0.15, -0.1) is 0 Å². The molecule has 1 rings (SSSR count). The lowest BCUT2D eigenvalue weighted by molar-refractivity contribution is -0.149. The molecule has 0 heterocycles. The number of carbonyl (C=O) groups excluding carboxylic acids is 1. The van der Waals surface area contributed by atoms with Crippen LogP contribution in [-0.2, 0) is 9.53 Å². The van der Waals surface area contributed by atoms with Crippen molar-refractivity contribution in [2.75, 3.05) is 6.61 Å². The summed E-state index contributed by atoms with van der Waals surface area (Å²) >= 11 is 2.66. The summed E-state index contributed by atoms with van der Waals surface area (Å²) in [5.41, 5.74) is -0.914. The van der Waals surface area contributed by atoms with Crippen LogP contribution in [-0.4, -0.2) is 12.6 Å². The van der Waals surface area contributed by atoms with Gasteiger partial charge in [0, 0.05) is 4.47 Å². The van der Waals surface area contributed by atoms with Crippen molar-refractivity contribution in [3.8, 4) is 0 Å². The molecule has 94 valence electrons. The van der Waals surface area contributed by atoms with Crippen LogP contribution in [0.5, 0.6) is 0 Å². The van der Waals surface area contributed by atoms with Gasteiger partial charge in [0.05, 0.1) is 12.2 Å². The van der Waals surface area contributed by atoms with Gasteiger partial charge in [0.15, 0.2) is 17.5 Å². The first kappa shape index (κ1) is 14.0. The van der Waals surface area contributed by atoms with Crippen LogP contribution in [0.1, 0.15) is 18.7 Å². The highest BCUT2D eigenvalue weighted by atomic mass is 79.9. The van der Waals surface area contributed by atoms with Gasteiger partial charge in [0.25, 0.3) is 0 Å². The van der Waals surface area contributed by atoms with Gasteiger partial charge in [-0.3, -0.25) is 0 Å². The molecule has 2 nitrogen and oxygen atoms in total. The predicted molar refractivity (Wildman–Crippen MR) is 54.5 cm³/mol. The van der Waals surface area contributed by atoms with Crippen molar-refractivity contribution >= 4 is 21.9 Å². The standard InChI is InChI=1S/C10H7BrF4O2/c1-2-17-10(16)9(15)6-4(11)3-5(12)7(13)8(6)14/h3,9H,2H2,1H3. The lowest BCUT2D eigenvalue weighted by Crippen LogP contribution is -2.15. The van der Waals surface area contributed by atoms with Gasteiger partial charge in [-0.1, -0.05) is 15.9 Å². The second-order valence-corrected chi connectivity index (χ2v) is 3.85. The van der Waals surface area contributed by atoms with Crippen molar-refractivity contribution in [3.05, 3.63) is 33.6 Å². The number of hydrogen-bond acceptors (Lipinski definition) is 2. The largest absolute Gasteiger partial charge is 0.464 e. The molecule has 0 spiro atoms. The molecule has 0 aliphatic heterocycles. The number of ether oxygens (including phenoxy) is 1. The molecule has 0 N–H and O–H groups in total. The van der Waals surface area contributed by atoms with Crippen LogP contribution in [0.4, 0.5) is 17.6 Å². The number of carbonyl (C=O) groups is 1. The molecule has 0 saturated carbocycles. The molecule has 7 heteroatoms. The minimum Gasteiger partial charge on any atom is -0.464 e. The molecular formula is C10H7BrF4O2. The Kier molecular flexibility index (Phi) is 4.50. The van der Waals surface area contributed by atoms with E-state index in [2.05, 4.69) is 20.7 Å². The Bertz CT molecular complexity index is 450. The van der Waals surface area contributed by atoms with Crippen molar-refractivity contribution in [3.63, 3.8) is 0 Å². The van der Waals surface area contributed by atoms with Crippen LogP contribution in [0.2, 0.25) is 0 Å². The summed E-state index contributed by atoms with van der Waals surface area (Å²) in [5, 5.41) is 0. The normalized spacial score (nSPS) is 12.4. The first-order valence-corrected chi connectivity index (χ1v) is 5.33. The van der Waals surface area contributed by atoms with Crippen LogP contribution in [0.25, 0.3) is 0 Å². The lowest BCUT2D eigenvalue weighted by Gasteiger charge is -2.11. The summed E-state index contributed by atoms with van der Waals surface area (Å²) in [5.74, 6) is -6.43. The Morgan fingerprint density at radius 1 is 1.41 bits per heavy atom. The van der Waals surface area contributed by atoms with E-state index in [9.17, 15) is 22.4 Å². The minimum absolute atomic E-state index is 0.109. The maximum Gasteiger partial charge on any atom is 0.345 e. The molecule has 0 aromatic heterocycles. The van der Waals surface area contributed by atoms with Gasteiger partial charge < -0.3 is 4.74 Å². The quantitative estimate of drug-likeness (QED) is 0.370. The van der Waals surface area contributed by atoms with Crippen LogP contribution in [0.3, 0.4) is 0 Å². The highest BCUT2D eigenvalue weighted by Crippen LogP contribution is 2.32. The Morgan fingerprint density at radius 2 is 2.00 bits per heavy atom. The molecule has 0 radical (unpaired) electrons. The topological polar surface area (TPSA) is 26.3 Å². The van der Waals surface area contributed by atoms with Crippen LogP contribution in [0.15, 0.2) is 10.5 Å². The first-order chi connectivity index (χ1) is 7.90. The highest BCUT2D eigenvalue weighted by molar-refractivity contribution is 9.10. The highest BCUT2D eigenvalue weighted by Gasteiger charge is 2.30. The van der Waals surface area contributed by atoms with Gasteiger partial charge in [-0.25, -0.2) is 22.4 Å². The molecule has 1 unspecified atom stereocenters. The summed E-state index contributed by atoms with van der Waals surface area (Å²) in [6.07, 6.45) is -2.51.